The first-order chi connectivity index (χ1) is 7.17. The smallest absolute Gasteiger partial charge is 0.192 e. The van der Waals surface area contributed by atoms with Crippen molar-refractivity contribution < 1.29 is 9.53 Å². The van der Waals surface area contributed by atoms with Crippen molar-refractivity contribution in [3.63, 3.8) is 0 Å². The average molecular weight is 245 g/mol. The molecule has 0 unspecified atom stereocenters. The minimum Gasteiger partial charge on any atom is -0.414 e. The molecule has 1 aliphatic carbocycles. The summed E-state index contributed by atoms with van der Waals surface area (Å²) in [6, 6.07) is 0.201. The fraction of sp³-hybridized carbons (Fsp3) is 1.00. The zero-order valence-corrected chi connectivity index (χ0v) is 12.3. The van der Waals surface area contributed by atoms with Crippen LogP contribution in [0.5, 0.6) is 0 Å². The van der Waals surface area contributed by atoms with Crippen molar-refractivity contribution in [2.45, 2.75) is 63.9 Å². The van der Waals surface area contributed by atoms with Gasteiger partial charge in [0.05, 0.1) is 6.10 Å². The summed E-state index contributed by atoms with van der Waals surface area (Å²) >= 11 is 0. The number of nitrogens with two attached hydrogens (primary N) is 1. The van der Waals surface area contributed by atoms with Gasteiger partial charge in [0.1, 0.15) is 0 Å². The monoisotopic (exact) mass is 245 g/mol. The van der Waals surface area contributed by atoms with Crippen molar-refractivity contribution >= 4 is 8.32 Å². The molecule has 1 saturated carbocycles. The Bertz CT molecular complexity index is 238. The van der Waals surface area contributed by atoms with E-state index in [0.717, 1.165) is 12.8 Å². The van der Waals surface area contributed by atoms with Gasteiger partial charge in [-0.1, -0.05) is 20.8 Å². The maximum absolute atomic E-state index is 9.33. The normalized spacial score (nSPS) is 32.1. The molecule has 3 nitrogen and oxygen atoms in total. The summed E-state index contributed by atoms with van der Waals surface area (Å²) in [4.78, 5) is 0. The number of hydrogen-bond acceptors (Lipinski definition) is 3. The molecule has 0 aromatic rings. The second kappa shape index (κ2) is 4.76. The fourth-order valence-electron chi connectivity index (χ4n) is 2.02. The largest absolute Gasteiger partial charge is 0.414 e. The Morgan fingerprint density at radius 2 is 1.88 bits per heavy atom. The minimum absolute atomic E-state index is 0.167. The van der Waals surface area contributed by atoms with Crippen LogP contribution in [0.2, 0.25) is 18.1 Å². The van der Waals surface area contributed by atoms with Gasteiger partial charge in [0.2, 0.25) is 0 Å². The highest BCUT2D eigenvalue weighted by Gasteiger charge is 2.43. The van der Waals surface area contributed by atoms with Gasteiger partial charge in [0.15, 0.2) is 8.32 Å². The first kappa shape index (κ1) is 14.2. The van der Waals surface area contributed by atoms with E-state index in [4.69, 9.17) is 10.2 Å². The van der Waals surface area contributed by atoms with Crippen LogP contribution in [0.4, 0.5) is 0 Å². The van der Waals surface area contributed by atoms with Crippen LogP contribution in [0.25, 0.3) is 0 Å². The van der Waals surface area contributed by atoms with Crippen LogP contribution in [-0.2, 0) is 4.43 Å². The van der Waals surface area contributed by atoms with E-state index in [0.29, 0.717) is 0 Å². The van der Waals surface area contributed by atoms with Gasteiger partial charge in [0, 0.05) is 18.6 Å². The topological polar surface area (TPSA) is 55.5 Å². The van der Waals surface area contributed by atoms with Crippen molar-refractivity contribution in [1.82, 2.24) is 0 Å². The molecule has 1 fully saturated rings. The molecular formula is C12H27NO2Si. The summed E-state index contributed by atoms with van der Waals surface area (Å²) in [6.07, 6.45) is 1.97. The van der Waals surface area contributed by atoms with E-state index in [1.165, 1.54) is 0 Å². The molecule has 3 N–H and O–H groups in total. The maximum Gasteiger partial charge on any atom is 0.192 e. The van der Waals surface area contributed by atoms with Crippen molar-refractivity contribution in [2.24, 2.45) is 11.7 Å². The minimum atomic E-state index is -1.72. The zero-order valence-electron chi connectivity index (χ0n) is 11.3. The third-order valence-electron chi connectivity index (χ3n) is 4.15. The number of aliphatic hydroxyl groups excluding tert-OH is 1. The average Bonchev–Trinajstić information content (AvgIpc) is 2.43. The standard InChI is InChI=1S/C12H27NO2Si/c1-12(2,3)16(4,5)15-11-7-10(13)6-9(11)8-14/h9-11,14H,6-8,13H2,1-5H3/t9-,10+,11+/m0/s1. The van der Waals surface area contributed by atoms with Crippen molar-refractivity contribution in [3.05, 3.63) is 0 Å². The fourth-order valence-corrected chi connectivity index (χ4v) is 3.42. The second-order valence-electron chi connectivity index (χ2n) is 6.59. The Kier molecular flexibility index (Phi) is 4.22. The molecule has 1 aliphatic rings. The Morgan fingerprint density at radius 1 is 1.31 bits per heavy atom. The molecule has 0 amide bonds. The molecule has 0 aliphatic heterocycles. The van der Waals surface area contributed by atoms with Crippen molar-refractivity contribution in [2.75, 3.05) is 6.61 Å². The summed E-state index contributed by atoms with van der Waals surface area (Å²) in [5, 5.41) is 9.56. The molecule has 0 aromatic heterocycles. The van der Waals surface area contributed by atoms with Crippen LogP contribution in [0.3, 0.4) is 0 Å². The van der Waals surface area contributed by atoms with E-state index in [9.17, 15) is 5.11 Å². The molecule has 16 heavy (non-hydrogen) atoms. The first-order valence-electron chi connectivity index (χ1n) is 6.21. The highest BCUT2D eigenvalue weighted by atomic mass is 28.4. The molecule has 0 saturated heterocycles. The van der Waals surface area contributed by atoms with Gasteiger partial charge in [-0.25, -0.2) is 0 Å². The summed E-state index contributed by atoms with van der Waals surface area (Å²) in [6.45, 7) is 11.4. The molecule has 96 valence electrons. The van der Waals surface area contributed by atoms with E-state index in [2.05, 4.69) is 33.9 Å². The predicted molar refractivity (Wildman–Crippen MR) is 69.9 cm³/mol. The Balaban J connectivity index is 2.66. The highest BCUT2D eigenvalue weighted by molar-refractivity contribution is 6.74. The van der Waals surface area contributed by atoms with Crippen LogP contribution in [-0.4, -0.2) is 32.2 Å². The molecule has 4 heteroatoms. The molecule has 3 atom stereocenters. The molecule has 0 bridgehead atoms. The Hall–Kier alpha value is 0.0969. The van der Waals surface area contributed by atoms with Gasteiger partial charge in [-0.2, -0.15) is 0 Å². The SMILES string of the molecule is CC(C)(C)[Si](C)(C)O[C@@H]1C[C@H](N)C[C@H]1CO. The lowest BCUT2D eigenvalue weighted by Gasteiger charge is -2.39. The van der Waals surface area contributed by atoms with E-state index in [1.54, 1.807) is 0 Å². The Labute approximate surface area is 100 Å². The Morgan fingerprint density at radius 3 is 2.31 bits per heavy atom. The lowest BCUT2D eigenvalue weighted by Crippen LogP contribution is -2.45. The van der Waals surface area contributed by atoms with Crippen LogP contribution in [0.15, 0.2) is 0 Å². The molecule has 0 radical (unpaired) electrons. The summed E-state index contributed by atoms with van der Waals surface area (Å²) in [5.41, 5.74) is 5.94. The lowest BCUT2D eigenvalue weighted by atomic mass is 10.1. The van der Waals surface area contributed by atoms with E-state index >= 15 is 0 Å². The predicted octanol–water partition coefficient (Wildman–Crippen LogP) is 2.11. The first-order valence-corrected chi connectivity index (χ1v) is 9.12. The molecule has 0 aromatic carbocycles. The zero-order chi connectivity index (χ0) is 12.6. The molecule has 0 spiro atoms. The van der Waals surface area contributed by atoms with E-state index < -0.39 is 8.32 Å². The quantitative estimate of drug-likeness (QED) is 0.749. The number of rotatable bonds is 3. The van der Waals surface area contributed by atoms with Gasteiger partial charge in [-0.05, 0) is 31.0 Å². The number of hydrogen-bond donors (Lipinski definition) is 2. The van der Waals surface area contributed by atoms with Crippen molar-refractivity contribution in [3.8, 4) is 0 Å². The van der Waals surface area contributed by atoms with Crippen LogP contribution >= 0.6 is 0 Å². The maximum atomic E-state index is 9.33. The summed E-state index contributed by atoms with van der Waals surface area (Å²) in [7, 11) is -1.72. The second-order valence-corrected chi connectivity index (χ2v) is 11.3. The third-order valence-corrected chi connectivity index (χ3v) is 8.66. The van der Waals surface area contributed by atoms with Crippen molar-refractivity contribution in [1.29, 1.82) is 0 Å². The molecule has 0 heterocycles. The van der Waals surface area contributed by atoms with E-state index in [-0.39, 0.29) is 29.7 Å². The van der Waals surface area contributed by atoms with Gasteiger partial charge >= 0.3 is 0 Å². The van der Waals surface area contributed by atoms with Crippen LogP contribution in [0.1, 0.15) is 33.6 Å². The lowest BCUT2D eigenvalue weighted by molar-refractivity contribution is 0.0980. The summed E-state index contributed by atoms with van der Waals surface area (Å²) in [5.74, 6) is 0.240. The van der Waals surface area contributed by atoms with Gasteiger partial charge in [0.25, 0.3) is 0 Å². The third kappa shape index (κ3) is 3.06. The highest BCUT2D eigenvalue weighted by Crippen LogP contribution is 2.40. The molecular weight excluding hydrogens is 218 g/mol. The van der Waals surface area contributed by atoms with Gasteiger partial charge in [-0.15, -0.1) is 0 Å². The number of aliphatic hydroxyl groups is 1. The van der Waals surface area contributed by atoms with Gasteiger partial charge in [-0.3, -0.25) is 0 Å². The van der Waals surface area contributed by atoms with E-state index in [1.807, 2.05) is 0 Å². The van der Waals surface area contributed by atoms with Crippen LogP contribution in [0, 0.1) is 5.92 Å². The van der Waals surface area contributed by atoms with Gasteiger partial charge < -0.3 is 15.3 Å². The summed E-state index contributed by atoms with van der Waals surface area (Å²) < 4.78 is 6.34. The molecule has 1 rings (SSSR count). The van der Waals surface area contributed by atoms with Crippen LogP contribution < -0.4 is 5.73 Å².